The van der Waals surface area contributed by atoms with Crippen molar-refractivity contribution < 1.29 is 28.9 Å². The van der Waals surface area contributed by atoms with Crippen LogP contribution >= 0.6 is 0 Å². The molecule has 1 aromatic rings. The second-order valence-corrected chi connectivity index (χ2v) is 6.62. The first-order valence-electron chi connectivity index (χ1n) is 9.43. The van der Waals surface area contributed by atoms with E-state index in [1.54, 1.807) is 5.48 Å². The van der Waals surface area contributed by atoms with Crippen LogP contribution < -0.4 is 5.48 Å². The van der Waals surface area contributed by atoms with Gasteiger partial charge in [0.15, 0.2) is 0 Å². The molecule has 7 heteroatoms. The number of hydrogen-bond donors (Lipinski definition) is 2. The Morgan fingerprint density at radius 3 is 2.15 bits per heavy atom. The Bertz CT molecular complexity index is 483. The average Bonchev–Trinajstić information content (AvgIpc) is 2.66. The van der Waals surface area contributed by atoms with Crippen molar-refractivity contribution in [3.63, 3.8) is 0 Å². The predicted molar refractivity (Wildman–Crippen MR) is 101 cm³/mol. The molecule has 0 aromatic heterocycles. The zero-order chi connectivity index (χ0) is 19.7. The summed E-state index contributed by atoms with van der Waals surface area (Å²) in [5.41, 5.74) is 2.79. The molecule has 1 aromatic carbocycles. The lowest BCUT2D eigenvalue weighted by Gasteiger charge is -2.19. The Hall–Kier alpha value is -1.51. The van der Waals surface area contributed by atoms with Gasteiger partial charge in [0.1, 0.15) is 0 Å². The van der Waals surface area contributed by atoms with Gasteiger partial charge in [-0.25, -0.2) is 5.48 Å². The number of nitrogens with one attached hydrogen (secondary N) is 1. The van der Waals surface area contributed by atoms with Crippen molar-refractivity contribution in [1.82, 2.24) is 5.48 Å². The van der Waals surface area contributed by atoms with E-state index >= 15 is 0 Å². The maximum atomic E-state index is 11.3. The summed E-state index contributed by atoms with van der Waals surface area (Å²) in [6, 6.07) is 10.0. The van der Waals surface area contributed by atoms with Crippen molar-refractivity contribution in [2.75, 3.05) is 39.6 Å². The lowest BCUT2D eigenvalue weighted by Crippen LogP contribution is -2.28. The molecule has 0 heterocycles. The highest BCUT2D eigenvalue weighted by Crippen LogP contribution is 2.11. The first-order chi connectivity index (χ1) is 13.1. The zero-order valence-electron chi connectivity index (χ0n) is 16.4. The molecule has 1 atom stereocenters. The molecule has 0 aliphatic rings. The predicted octanol–water partition coefficient (Wildman–Crippen LogP) is 2.56. The van der Waals surface area contributed by atoms with Gasteiger partial charge in [0.2, 0.25) is 5.91 Å². The highest BCUT2D eigenvalue weighted by Gasteiger charge is 2.15. The van der Waals surface area contributed by atoms with E-state index in [0.717, 1.165) is 12.0 Å². The van der Waals surface area contributed by atoms with Gasteiger partial charge in [-0.05, 0) is 17.9 Å². The standard InChI is InChI=1S/C20H33NO6/c1-17(2)14-19(15-20(22)21-23)27-13-12-25-9-8-24-10-11-26-16-18-6-4-3-5-7-18/h3-7,17,19,23H,8-16H2,1-2H3,(H,21,22). The molecule has 7 nitrogen and oxygen atoms in total. The molecule has 1 unspecified atom stereocenters. The Balaban J connectivity index is 1.94. The third-order valence-electron chi connectivity index (χ3n) is 3.71. The second-order valence-electron chi connectivity index (χ2n) is 6.62. The Morgan fingerprint density at radius 2 is 1.56 bits per heavy atom. The van der Waals surface area contributed by atoms with Gasteiger partial charge >= 0.3 is 0 Å². The molecule has 0 fully saturated rings. The van der Waals surface area contributed by atoms with Gasteiger partial charge in [0.25, 0.3) is 0 Å². The molecule has 0 aliphatic carbocycles. The lowest BCUT2D eigenvalue weighted by molar-refractivity contribution is -0.132. The molecular formula is C20H33NO6. The molecule has 154 valence electrons. The van der Waals surface area contributed by atoms with Gasteiger partial charge in [0, 0.05) is 0 Å². The van der Waals surface area contributed by atoms with E-state index in [2.05, 4.69) is 13.8 Å². The molecule has 0 saturated carbocycles. The molecule has 0 saturated heterocycles. The van der Waals surface area contributed by atoms with Crippen LogP contribution in [-0.4, -0.2) is 56.9 Å². The van der Waals surface area contributed by atoms with Crippen LogP contribution in [0.2, 0.25) is 0 Å². The summed E-state index contributed by atoms with van der Waals surface area (Å²) in [5.74, 6) is -0.0376. The number of carbonyl (C=O) groups is 1. The Labute approximate surface area is 161 Å². The monoisotopic (exact) mass is 383 g/mol. The smallest absolute Gasteiger partial charge is 0.245 e. The van der Waals surface area contributed by atoms with Crippen molar-refractivity contribution in [2.24, 2.45) is 5.92 Å². The molecule has 0 aliphatic heterocycles. The largest absolute Gasteiger partial charge is 0.377 e. The molecule has 27 heavy (non-hydrogen) atoms. The number of rotatable bonds is 16. The zero-order valence-corrected chi connectivity index (χ0v) is 16.4. The number of benzene rings is 1. The van der Waals surface area contributed by atoms with Gasteiger partial charge in [0.05, 0.1) is 58.8 Å². The van der Waals surface area contributed by atoms with Gasteiger partial charge in [-0.3, -0.25) is 10.0 Å². The van der Waals surface area contributed by atoms with Crippen LogP contribution in [0.3, 0.4) is 0 Å². The SMILES string of the molecule is CC(C)CC(CC(=O)NO)OCCOCCOCCOCc1ccccc1. The Kier molecular flexibility index (Phi) is 13.5. The van der Waals surface area contributed by atoms with Crippen molar-refractivity contribution in [1.29, 1.82) is 0 Å². The normalized spacial score (nSPS) is 12.3. The van der Waals surface area contributed by atoms with Crippen molar-refractivity contribution >= 4 is 5.91 Å². The minimum atomic E-state index is -0.440. The third kappa shape index (κ3) is 13.3. The molecule has 0 bridgehead atoms. The van der Waals surface area contributed by atoms with Crippen LogP contribution in [0, 0.1) is 5.92 Å². The summed E-state index contributed by atoms with van der Waals surface area (Å²) in [6.45, 7) is 7.59. The van der Waals surface area contributed by atoms with Gasteiger partial charge in [-0.1, -0.05) is 44.2 Å². The fourth-order valence-corrected chi connectivity index (χ4v) is 2.47. The first-order valence-corrected chi connectivity index (χ1v) is 9.43. The maximum absolute atomic E-state index is 11.3. The van der Waals surface area contributed by atoms with E-state index in [0.29, 0.717) is 52.2 Å². The third-order valence-corrected chi connectivity index (χ3v) is 3.71. The number of ether oxygens (including phenoxy) is 4. The maximum Gasteiger partial charge on any atom is 0.245 e. The number of hydrogen-bond acceptors (Lipinski definition) is 6. The number of carbonyl (C=O) groups excluding carboxylic acids is 1. The van der Waals surface area contributed by atoms with Crippen molar-refractivity contribution in [3.05, 3.63) is 35.9 Å². The summed E-state index contributed by atoms with van der Waals surface area (Å²) in [4.78, 5) is 11.3. The van der Waals surface area contributed by atoms with E-state index in [-0.39, 0.29) is 12.5 Å². The molecule has 1 rings (SSSR count). The fraction of sp³-hybridized carbons (Fsp3) is 0.650. The van der Waals surface area contributed by atoms with E-state index in [1.807, 2.05) is 30.3 Å². The van der Waals surface area contributed by atoms with Crippen LogP contribution in [0.1, 0.15) is 32.3 Å². The molecule has 2 N–H and O–H groups in total. The van der Waals surface area contributed by atoms with E-state index in [4.69, 9.17) is 24.2 Å². The summed E-state index contributed by atoms with van der Waals surface area (Å²) in [6.07, 6.45) is 0.666. The van der Waals surface area contributed by atoms with Crippen LogP contribution in [-0.2, 0) is 30.3 Å². The minimum absolute atomic E-state index is 0.140. The molecule has 0 radical (unpaired) electrons. The molecular weight excluding hydrogens is 350 g/mol. The van der Waals surface area contributed by atoms with Gasteiger partial charge in [-0.15, -0.1) is 0 Å². The van der Waals surface area contributed by atoms with E-state index in [9.17, 15) is 4.79 Å². The molecule has 1 amide bonds. The fourth-order valence-electron chi connectivity index (χ4n) is 2.47. The van der Waals surface area contributed by atoms with Gasteiger partial charge < -0.3 is 18.9 Å². The van der Waals surface area contributed by atoms with Crippen molar-refractivity contribution in [3.8, 4) is 0 Å². The number of amides is 1. The minimum Gasteiger partial charge on any atom is -0.377 e. The van der Waals surface area contributed by atoms with E-state index in [1.165, 1.54) is 0 Å². The Morgan fingerprint density at radius 1 is 0.963 bits per heavy atom. The number of hydroxylamine groups is 1. The summed E-state index contributed by atoms with van der Waals surface area (Å²) >= 11 is 0. The quantitative estimate of drug-likeness (QED) is 0.259. The van der Waals surface area contributed by atoms with Crippen LogP contribution in [0.5, 0.6) is 0 Å². The highest BCUT2D eigenvalue weighted by molar-refractivity contribution is 5.75. The lowest BCUT2D eigenvalue weighted by atomic mass is 10.0. The van der Waals surface area contributed by atoms with E-state index < -0.39 is 5.91 Å². The summed E-state index contributed by atoms with van der Waals surface area (Å²) < 4.78 is 22.1. The van der Waals surface area contributed by atoms with Crippen LogP contribution in [0.25, 0.3) is 0 Å². The van der Waals surface area contributed by atoms with Crippen LogP contribution in [0.15, 0.2) is 30.3 Å². The van der Waals surface area contributed by atoms with Crippen molar-refractivity contribution in [2.45, 2.75) is 39.4 Å². The summed E-state index contributed by atoms with van der Waals surface area (Å²) in [5, 5.41) is 8.62. The molecule has 0 spiro atoms. The second kappa shape index (κ2) is 15.5. The summed E-state index contributed by atoms with van der Waals surface area (Å²) in [7, 11) is 0. The average molecular weight is 383 g/mol. The van der Waals surface area contributed by atoms with Crippen LogP contribution in [0.4, 0.5) is 0 Å². The first kappa shape index (κ1) is 23.5. The topological polar surface area (TPSA) is 86.3 Å². The highest BCUT2D eigenvalue weighted by atomic mass is 16.6. The van der Waals surface area contributed by atoms with Gasteiger partial charge in [-0.2, -0.15) is 0 Å².